The van der Waals surface area contributed by atoms with Crippen LogP contribution < -0.4 is 5.73 Å². The second kappa shape index (κ2) is 5.35. The predicted octanol–water partition coefficient (Wildman–Crippen LogP) is 4.24. The molecule has 1 atom stereocenters. The van der Waals surface area contributed by atoms with Crippen molar-refractivity contribution in [3.63, 3.8) is 0 Å². The second-order valence-corrected chi connectivity index (χ2v) is 5.17. The molecule has 0 fully saturated rings. The van der Waals surface area contributed by atoms with Gasteiger partial charge in [-0.05, 0) is 44.9 Å². The lowest BCUT2D eigenvalue weighted by molar-refractivity contribution is 0.495. The van der Waals surface area contributed by atoms with Gasteiger partial charge in [0.05, 0.1) is 0 Å². The SMILES string of the molecule is Cc1oc(C)c(C(N)Cc2c(F)cccc2Cl)c1C. The zero-order chi connectivity index (χ0) is 14.2. The molecule has 0 saturated heterocycles. The summed E-state index contributed by atoms with van der Waals surface area (Å²) in [6.45, 7) is 5.73. The molecule has 2 N–H and O–H groups in total. The van der Waals surface area contributed by atoms with Crippen LogP contribution >= 0.6 is 11.6 Å². The zero-order valence-corrected chi connectivity index (χ0v) is 12.0. The molecule has 4 heteroatoms. The standard InChI is InChI=1S/C15H17ClFNO/c1-8-9(2)19-10(3)15(8)14(18)7-11-12(16)5-4-6-13(11)17/h4-6,14H,7,18H2,1-3H3. The Balaban J connectivity index is 2.33. The summed E-state index contributed by atoms with van der Waals surface area (Å²) in [5.41, 5.74) is 8.61. The lowest BCUT2D eigenvalue weighted by atomic mass is 9.96. The van der Waals surface area contributed by atoms with Crippen LogP contribution in [0.25, 0.3) is 0 Å². The largest absolute Gasteiger partial charge is 0.466 e. The Morgan fingerprint density at radius 2 is 1.95 bits per heavy atom. The maximum Gasteiger partial charge on any atom is 0.127 e. The van der Waals surface area contributed by atoms with Gasteiger partial charge in [-0.3, -0.25) is 0 Å². The van der Waals surface area contributed by atoms with Crippen molar-refractivity contribution in [2.75, 3.05) is 0 Å². The third kappa shape index (κ3) is 2.67. The van der Waals surface area contributed by atoms with E-state index in [4.69, 9.17) is 21.8 Å². The van der Waals surface area contributed by atoms with E-state index in [1.807, 2.05) is 20.8 Å². The summed E-state index contributed by atoms with van der Waals surface area (Å²) in [5.74, 6) is 1.32. The van der Waals surface area contributed by atoms with Crippen molar-refractivity contribution in [2.24, 2.45) is 5.73 Å². The molecule has 1 unspecified atom stereocenters. The summed E-state index contributed by atoms with van der Waals surface area (Å²) in [5, 5.41) is 0.408. The van der Waals surface area contributed by atoms with Crippen molar-refractivity contribution in [3.05, 3.63) is 57.2 Å². The van der Waals surface area contributed by atoms with Crippen molar-refractivity contribution < 1.29 is 8.81 Å². The van der Waals surface area contributed by atoms with Crippen LogP contribution in [-0.4, -0.2) is 0 Å². The fraction of sp³-hybridized carbons (Fsp3) is 0.333. The van der Waals surface area contributed by atoms with E-state index in [-0.39, 0.29) is 11.9 Å². The molecule has 1 aromatic heterocycles. The van der Waals surface area contributed by atoms with Gasteiger partial charge in [0.1, 0.15) is 17.3 Å². The molecule has 1 heterocycles. The molecular formula is C15H17ClFNO. The molecule has 2 aromatic rings. The van der Waals surface area contributed by atoms with E-state index in [0.29, 0.717) is 17.0 Å². The third-order valence-electron chi connectivity index (χ3n) is 3.47. The zero-order valence-electron chi connectivity index (χ0n) is 11.3. The average molecular weight is 282 g/mol. The van der Waals surface area contributed by atoms with Crippen molar-refractivity contribution >= 4 is 11.6 Å². The number of nitrogens with two attached hydrogens (primary N) is 1. The second-order valence-electron chi connectivity index (χ2n) is 4.76. The smallest absolute Gasteiger partial charge is 0.127 e. The van der Waals surface area contributed by atoms with Crippen molar-refractivity contribution in [3.8, 4) is 0 Å². The monoisotopic (exact) mass is 281 g/mol. The minimum absolute atomic E-state index is 0.321. The molecule has 2 nitrogen and oxygen atoms in total. The number of furan rings is 1. The van der Waals surface area contributed by atoms with Crippen molar-refractivity contribution in [1.82, 2.24) is 0 Å². The Bertz CT molecular complexity index is 586. The van der Waals surface area contributed by atoms with E-state index in [1.165, 1.54) is 6.07 Å². The van der Waals surface area contributed by atoms with Gasteiger partial charge in [0.2, 0.25) is 0 Å². The quantitative estimate of drug-likeness (QED) is 0.914. The van der Waals surface area contributed by atoms with E-state index in [2.05, 4.69) is 0 Å². The highest BCUT2D eigenvalue weighted by Crippen LogP contribution is 2.30. The third-order valence-corrected chi connectivity index (χ3v) is 3.83. The van der Waals surface area contributed by atoms with Gasteiger partial charge in [0.25, 0.3) is 0 Å². The van der Waals surface area contributed by atoms with Crippen LogP contribution in [0.1, 0.15) is 34.3 Å². The first-order valence-corrected chi connectivity index (χ1v) is 6.54. The van der Waals surface area contributed by atoms with Crippen LogP contribution in [0.2, 0.25) is 5.02 Å². The molecule has 0 bridgehead atoms. The molecule has 0 aliphatic rings. The minimum atomic E-state index is -0.327. The van der Waals surface area contributed by atoms with Gasteiger partial charge in [0, 0.05) is 22.2 Å². The first-order valence-electron chi connectivity index (χ1n) is 6.16. The molecule has 0 spiro atoms. The van der Waals surface area contributed by atoms with Crippen LogP contribution in [-0.2, 0) is 6.42 Å². The molecule has 19 heavy (non-hydrogen) atoms. The van der Waals surface area contributed by atoms with Gasteiger partial charge in [-0.15, -0.1) is 0 Å². The first kappa shape index (κ1) is 14.1. The van der Waals surface area contributed by atoms with Crippen molar-refractivity contribution in [1.29, 1.82) is 0 Å². The van der Waals surface area contributed by atoms with Crippen molar-refractivity contribution in [2.45, 2.75) is 33.2 Å². The highest BCUT2D eigenvalue weighted by molar-refractivity contribution is 6.31. The molecule has 0 radical (unpaired) electrons. The fourth-order valence-electron chi connectivity index (χ4n) is 2.40. The predicted molar refractivity (Wildman–Crippen MR) is 75.0 cm³/mol. The summed E-state index contributed by atoms with van der Waals surface area (Å²) in [6, 6.07) is 4.33. The summed E-state index contributed by atoms with van der Waals surface area (Å²) in [6.07, 6.45) is 0.353. The van der Waals surface area contributed by atoms with Crippen LogP contribution in [0.3, 0.4) is 0 Å². The Kier molecular flexibility index (Phi) is 3.97. The van der Waals surface area contributed by atoms with Gasteiger partial charge in [-0.1, -0.05) is 17.7 Å². The van der Waals surface area contributed by atoms with E-state index in [0.717, 1.165) is 22.6 Å². The lowest BCUT2D eigenvalue weighted by Crippen LogP contribution is -2.16. The maximum absolute atomic E-state index is 13.8. The van der Waals surface area contributed by atoms with Gasteiger partial charge in [-0.25, -0.2) is 4.39 Å². The summed E-state index contributed by atoms with van der Waals surface area (Å²) in [4.78, 5) is 0. The fourth-order valence-corrected chi connectivity index (χ4v) is 2.64. The first-order chi connectivity index (χ1) is 8.91. The Morgan fingerprint density at radius 3 is 2.47 bits per heavy atom. The molecule has 102 valence electrons. The number of hydrogen-bond acceptors (Lipinski definition) is 2. The number of benzene rings is 1. The van der Waals surface area contributed by atoms with Crippen LogP contribution in [0, 0.1) is 26.6 Å². The normalized spacial score (nSPS) is 12.7. The number of aryl methyl sites for hydroxylation is 2. The van der Waals surface area contributed by atoms with Crippen LogP contribution in [0.15, 0.2) is 22.6 Å². The minimum Gasteiger partial charge on any atom is -0.466 e. The molecule has 1 aromatic carbocycles. The maximum atomic E-state index is 13.8. The summed E-state index contributed by atoms with van der Waals surface area (Å²) >= 11 is 6.03. The Hall–Kier alpha value is -1.32. The van der Waals surface area contributed by atoms with Gasteiger partial charge in [-0.2, -0.15) is 0 Å². The molecule has 0 aliphatic carbocycles. The molecule has 2 rings (SSSR count). The van der Waals surface area contributed by atoms with Crippen LogP contribution in [0.5, 0.6) is 0 Å². The van der Waals surface area contributed by atoms with E-state index < -0.39 is 0 Å². The molecule has 0 saturated carbocycles. The molecular weight excluding hydrogens is 265 g/mol. The molecule has 0 amide bonds. The highest BCUT2D eigenvalue weighted by atomic mass is 35.5. The topological polar surface area (TPSA) is 39.2 Å². The van der Waals surface area contributed by atoms with Gasteiger partial charge >= 0.3 is 0 Å². The Labute approximate surface area is 117 Å². The Morgan fingerprint density at radius 1 is 1.26 bits per heavy atom. The highest BCUT2D eigenvalue weighted by Gasteiger charge is 2.20. The van der Waals surface area contributed by atoms with E-state index in [1.54, 1.807) is 12.1 Å². The number of halogens is 2. The van der Waals surface area contributed by atoms with E-state index >= 15 is 0 Å². The van der Waals surface area contributed by atoms with Gasteiger partial charge < -0.3 is 10.2 Å². The lowest BCUT2D eigenvalue weighted by Gasteiger charge is -2.14. The summed E-state index contributed by atoms with van der Waals surface area (Å²) in [7, 11) is 0. The number of rotatable bonds is 3. The average Bonchev–Trinajstić information content (AvgIpc) is 2.58. The molecule has 0 aliphatic heterocycles. The van der Waals surface area contributed by atoms with Crippen LogP contribution in [0.4, 0.5) is 4.39 Å². The van der Waals surface area contributed by atoms with E-state index in [9.17, 15) is 4.39 Å². The summed E-state index contributed by atoms with van der Waals surface area (Å²) < 4.78 is 19.3. The van der Waals surface area contributed by atoms with Gasteiger partial charge in [0.15, 0.2) is 0 Å². The number of hydrogen-bond donors (Lipinski definition) is 1.